The lowest BCUT2D eigenvalue weighted by molar-refractivity contribution is -0.129. The number of rotatable bonds is 3. The maximum absolute atomic E-state index is 12.2. The van der Waals surface area contributed by atoms with Crippen LogP contribution in [0.25, 0.3) is 0 Å². The summed E-state index contributed by atoms with van der Waals surface area (Å²) in [6, 6.07) is 3.59. The van der Waals surface area contributed by atoms with Gasteiger partial charge in [-0.3, -0.25) is 4.79 Å². The number of nitriles is 1. The van der Waals surface area contributed by atoms with Gasteiger partial charge >= 0.3 is 0 Å². The molecular weight excluding hydrogens is 276 g/mol. The highest BCUT2D eigenvalue weighted by Crippen LogP contribution is 2.25. The van der Waals surface area contributed by atoms with Crippen molar-refractivity contribution in [2.45, 2.75) is 19.8 Å². The molecule has 1 aliphatic heterocycles. The molecule has 0 spiro atoms. The summed E-state index contributed by atoms with van der Waals surface area (Å²) in [5.41, 5.74) is 0.424. The summed E-state index contributed by atoms with van der Waals surface area (Å²) in [4.78, 5) is 20.2. The summed E-state index contributed by atoms with van der Waals surface area (Å²) in [5, 5.41) is 9.24. The minimum absolute atomic E-state index is 0.103. The van der Waals surface area contributed by atoms with E-state index < -0.39 is 0 Å². The number of carbonyl (C=O) groups is 1. The number of carbonyl (C=O) groups excluding carboxylic acids is 1. The van der Waals surface area contributed by atoms with Crippen molar-refractivity contribution >= 4 is 23.3 Å². The molecule has 5 nitrogen and oxygen atoms in total. The van der Waals surface area contributed by atoms with Crippen LogP contribution in [0.15, 0.2) is 12.3 Å². The van der Waals surface area contributed by atoms with E-state index in [4.69, 9.17) is 16.9 Å². The van der Waals surface area contributed by atoms with Crippen LogP contribution < -0.4 is 4.90 Å². The van der Waals surface area contributed by atoms with Gasteiger partial charge in [0.25, 0.3) is 0 Å². The van der Waals surface area contributed by atoms with Crippen LogP contribution >= 0.6 is 11.6 Å². The third-order valence-corrected chi connectivity index (χ3v) is 3.56. The predicted molar refractivity (Wildman–Crippen MR) is 77.7 cm³/mol. The van der Waals surface area contributed by atoms with E-state index in [-0.39, 0.29) is 5.91 Å². The lowest BCUT2D eigenvalue weighted by Gasteiger charge is -2.22. The van der Waals surface area contributed by atoms with Gasteiger partial charge in [0.15, 0.2) is 0 Å². The van der Waals surface area contributed by atoms with Crippen molar-refractivity contribution in [3.63, 3.8) is 0 Å². The summed E-state index contributed by atoms with van der Waals surface area (Å²) >= 11 is 6.16. The number of halogens is 1. The molecule has 1 saturated heterocycles. The van der Waals surface area contributed by atoms with Crippen LogP contribution in [0.3, 0.4) is 0 Å². The van der Waals surface area contributed by atoms with E-state index >= 15 is 0 Å². The van der Waals surface area contributed by atoms with Crippen LogP contribution in [-0.2, 0) is 4.79 Å². The van der Waals surface area contributed by atoms with Gasteiger partial charge in [0.2, 0.25) is 5.91 Å². The zero-order chi connectivity index (χ0) is 14.5. The first-order valence-electron chi connectivity index (χ1n) is 6.74. The molecule has 0 aliphatic carbocycles. The molecule has 6 heteroatoms. The third kappa shape index (κ3) is 3.20. The number of nitrogens with zero attached hydrogens (tertiary/aromatic N) is 4. The molecule has 2 heterocycles. The Morgan fingerprint density at radius 3 is 2.95 bits per heavy atom. The molecular formula is C14H17ClN4O. The standard InChI is InChI=1S/C14H17ClN4O/c1-2-4-18-5-3-6-19(10-13(18)20)14-12(15)7-11(8-16)9-17-14/h7,9H,2-6,10H2,1H3. The van der Waals surface area contributed by atoms with Gasteiger partial charge in [-0.1, -0.05) is 18.5 Å². The molecule has 1 amide bonds. The van der Waals surface area contributed by atoms with Gasteiger partial charge in [0, 0.05) is 25.8 Å². The molecule has 0 unspecified atom stereocenters. The van der Waals surface area contributed by atoms with Gasteiger partial charge in [-0.25, -0.2) is 4.98 Å². The van der Waals surface area contributed by atoms with Crippen molar-refractivity contribution in [1.29, 1.82) is 5.26 Å². The highest BCUT2D eigenvalue weighted by atomic mass is 35.5. The molecule has 0 bridgehead atoms. The van der Waals surface area contributed by atoms with Gasteiger partial charge < -0.3 is 9.80 Å². The summed E-state index contributed by atoms with van der Waals surface area (Å²) in [6.07, 6.45) is 3.34. The first-order valence-corrected chi connectivity index (χ1v) is 7.12. The van der Waals surface area contributed by atoms with E-state index in [9.17, 15) is 4.79 Å². The van der Waals surface area contributed by atoms with Crippen LogP contribution in [0.5, 0.6) is 0 Å². The van der Waals surface area contributed by atoms with Crippen LogP contribution in [0.1, 0.15) is 25.3 Å². The second kappa shape index (κ2) is 6.58. The van der Waals surface area contributed by atoms with E-state index in [1.165, 1.54) is 6.20 Å². The fraction of sp³-hybridized carbons (Fsp3) is 0.500. The molecule has 106 valence electrons. The SMILES string of the molecule is CCCN1CCCN(c2ncc(C#N)cc2Cl)CC1=O. The molecule has 0 aromatic carbocycles. The third-order valence-electron chi connectivity index (χ3n) is 3.28. The zero-order valence-electron chi connectivity index (χ0n) is 11.5. The number of amides is 1. The summed E-state index contributed by atoms with van der Waals surface area (Å²) in [5.74, 6) is 0.684. The second-order valence-corrected chi connectivity index (χ2v) is 5.20. The Bertz CT molecular complexity index is 540. The van der Waals surface area contributed by atoms with Gasteiger partial charge in [-0.2, -0.15) is 5.26 Å². The average molecular weight is 293 g/mol. The van der Waals surface area contributed by atoms with Crippen LogP contribution in [0.4, 0.5) is 5.82 Å². The second-order valence-electron chi connectivity index (χ2n) is 4.80. The monoisotopic (exact) mass is 292 g/mol. The number of aromatic nitrogens is 1. The first kappa shape index (κ1) is 14.6. The minimum atomic E-state index is 0.103. The number of hydrogen-bond acceptors (Lipinski definition) is 4. The molecule has 0 radical (unpaired) electrons. The fourth-order valence-corrected chi connectivity index (χ4v) is 2.62. The number of hydrogen-bond donors (Lipinski definition) is 0. The highest BCUT2D eigenvalue weighted by Gasteiger charge is 2.23. The van der Waals surface area contributed by atoms with E-state index in [1.807, 2.05) is 15.9 Å². The lowest BCUT2D eigenvalue weighted by atomic mass is 10.3. The molecule has 20 heavy (non-hydrogen) atoms. The smallest absolute Gasteiger partial charge is 0.242 e. The van der Waals surface area contributed by atoms with E-state index in [2.05, 4.69) is 11.9 Å². The molecule has 2 rings (SSSR count). The molecule has 1 fully saturated rings. The molecule has 0 saturated carbocycles. The van der Waals surface area contributed by atoms with Gasteiger partial charge in [0.05, 0.1) is 17.1 Å². The Morgan fingerprint density at radius 1 is 1.50 bits per heavy atom. The maximum atomic E-state index is 12.2. The van der Waals surface area contributed by atoms with E-state index in [1.54, 1.807) is 6.07 Å². The number of pyridine rings is 1. The molecule has 0 N–H and O–H groups in total. The molecule has 1 aliphatic rings. The van der Waals surface area contributed by atoms with Crippen molar-refractivity contribution in [3.05, 3.63) is 22.8 Å². The summed E-state index contributed by atoms with van der Waals surface area (Å²) in [7, 11) is 0. The van der Waals surface area contributed by atoms with Crippen molar-refractivity contribution in [3.8, 4) is 6.07 Å². The molecule has 1 aromatic rings. The minimum Gasteiger partial charge on any atom is -0.346 e. The number of anilines is 1. The maximum Gasteiger partial charge on any atom is 0.242 e. The lowest BCUT2D eigenvalue weighted by Crippen LogP contribution is -2.37. The van der Waals surface area contributed by atoms with Gasteiger partial charge in [0.1, 0.15) is 11.9 Å². The van der Waals surface area contributed by atoms with E-state index in [0.717, 1.165) is 32.5 Å². The van der Waals surface area contributed by atoms with Gasteiger partial charge in [-0.15, -0.1) is 0 Å². The summed E-state index contributed by atoms with van der Waals surface area (Å²) in [6.45, 7) is 4.66. The Balaban J connectivity index is 2.17. The van der Waals surface area contributed by atoms with Crippen LogP contribution in [0, 0.1) is 11.3 Å². The quantitative estimate of drug-likeness (QED) is 0.855. The largest absolute Gasteiger partial charge is 0.346 e. The Labute approximate surface area is 123 Å². The Kier molecular flexibility index (Phi) is 4.80. The van der Waals surface area contributed by atoms with Crippen molar-refractivity contribution in [2.24, 2.45) is 0 Å². The van der Waals surface area contributed by atoms with Gasteiger partial charge in [-0.05, 0) is 18.9 Å². The molecule has 1 aromatic heterocycles. The van der Waals surface area contributed by atoms with E-state index in [0.29, 0.717) is 22.9 Å². The Hall–Kier alpha value is -1.80. The van der Waals surface area contributed by atoms with Crippen molar-refractivity contribution < 1.29 is 4.79 Å². The Morgan fingerprint density at radius 2 is 2.30 bits per heavy atom. The first-order chi connectivity index (χ1) is 9.65. The van der Waals surface area contributed by atoms with Crippen LogP contribution in [-0.4, -0.2) is 42.0 Å². The van der Waals surface area contributed by atoms with Crippen molar-refractivity contribution in [2.75, 3.05) is 31.1 Å². The fourth-order valence-electron chi connectivity index (χ4n) is 2.33. The van der Waals surface area contributed by atoms with Crippen LogP contribution in [0.2, 0.25) is 5.02 Å². The highest BCUT2D eigenvalue weighted by molar-refractivity contribution is 6.33. The zero-order valence-corrected chi connectivity index (χ0v) is 12.2. The topological polar surface area (TPSA) is 60.2 Å². The summed E-state index contributed by atoms with van der Waals surface area (Å²) < 4.78 is 0. The normalized spacial score (nSPS) is 15.9. The predicted octanol–water partition coefficient (Wildman–Crippen LogP) is 2.06. The van der Waals surface area contributed by atoms with Crippen molar-refractivity contribution in [1.82, 2.24) is 9.88 Å². The average Bonchev–Trinajstić information content (AvgIpc) is 2.61. The molecule has 0 atom stereocenters.